The molecular weight excluding hydrogens is 375 g/mol. The van der Waals surface area contributed by atoms with Gasteiger partial charge < -0.3 is 4.74 Å². The molecule has 3 rings (SSSR count). The van der Waals surface area contributed by atoms with Crippen molar-refractivity contribution in [2.24, 2.45) is 0 Å². The molecule has 1 aliphatic rings. The maximum absolute atomic E-state index is 13.9. The number of hydrogen-bond donors (Lipinski definition) is 0. The lowest BCUT2D eigenvalue weighted by Gasteiger charge is -2.13. The van der Waals surface area contributed by atoms with E-state index in [0.717, 1.165) is 10.0 Å². The Labute approximate surface area is 128 Å². The Balaban J connectivity index is 1.99. The van der Waals surface area contributed by atoms with Crippen LogP contribution in [-0.2, 0) is 18.0 Å². The third-order valence-corrected chi connectivity index (χ3v) is 4.78. The van der Waals surface area contributed by atoms with Gasteiger partial charge in [0, 0.05) is 10.0 Å². The summed E-state index contributed by atoms with van der Waals surface area (Å²) in [5, 5.41) is 0. The van der Waals surface area contributed by atoms with E-state index in [9.17, 15) is 4.39 Å². The highest BCUT2D eigenvalue weighted by Gasteiger charge is 2.18. The molecule has 2 aromatic rings. The zero-order valence-corrected chi connectivity index (χ0v) is 13.2. The van der Waals surface area contributed by atoms with E-state index in [1.54, 1.807) is 12.1 Å². The third kappa shape index (κ3) is 2.62. The Kier molecular flexibility index (Phi) is 3.74. The Morgan fingerprint density at radius 1 is 1.05 bits per heavy atom. The molecule has 0 spiro atoms. The van der Waals surface area contributed by atoms with Crippen molar-refractivity contribution in [3.8, 4) is 0 Å². The first-order chi connectivity index (χ1) is 9.15. The lowest BCUT2D eigenvalue weighted by molar-refractivity contribution is 0.134. The van der Waals surface area contributed by atoms with Gasteiger partial charge >= 0.3 is 0 Å². The minimum absolute atomic E-state index is 0.157. The molecule has 1 nitrogen and oxygen atoms in total. The standard InChI is InChI=1S/C15H11Br2FO/c16-12-3-4-14(18)13(6-12)15(17)9-1-2-10-7-19-8-11(10)5-9/h1-6,15H,7-8H2. The zero-order valence-electron chi connectivity index (χ0n) is 10.00. The molecule has 0 aliphatic carbocycles. The molecule has 4 heteroatoms. The topological polar surface area (TPSA) is 9.23 Å². The summed E-state index contributed by atoms with van der Waals surface area (Å²) in [6, 6.07) is 11.1. The summed E-state index contributed by atoms with van der Waals surface area (Å²) in [5.74, 6) is -0.207. The molecule has 1 heterocycles. The first-order valence-corrected chi connectivity index (χ1v) is 7.64. The van der Waals surface area contributed by atoms with Gasteiger partial charge in [-0.15, -0.1) is 0 Å². The van der Waals surface area contributed by atoms with E-state index < -0.39 is 0 Å². The van der Waals surface area contributed by atoms with Crippen molar-refractivity contribution in [1.29, 1.82) is 0 Å². The fraction of sp³-hybridized carbons (Fsp3) is 0.200. The summed E-state index contributed by atoms with van der Waals surface area (Å²) < 4.78 is 20.2. The van der Waals surface area contributed by atoms with E-state index in [0.29, 0.717) is 18.8 Å². The van der Waals surface area contributed by atoms with Crippen LogP contribution >= 0.6 is 31.9 Å². The number of ether oxygens (including phenoxy) is 1. The number of alkyl halides is 1. The van der Waals surface area contributed by atoms with Gasteiger partial charge in [-0.1, -0.05) is 50.1 Å². The smallest absolute Gasteiger partial charge is 0.127 e. The summed E-state index contributed by atoms with van der Waals surface area (Å²) in [4.78, 5) is -0.157. The second kappa shape index (κ2) is 5.35. The molecule has 0 amide bonds. The average Bonchev–Trinajstić information content (AvgIpc) is 2.88. The van der Waals surface area contributed by atoms with Gasteiger partial charge in [0.1, 0.15) is 5.82 Å². The van der Waals surface area contributed by atoms with E-state index in [2.05, 4.69) is 44.0 Å². The lowest BCUT2D eigenvalue weighted by Crippen LogP contribution is -1.98. The maximum Gasteiger partial charge on any atom is 0.127 e. The zero-order chi connectivity index (χ0) is 13.4. The Morgan fingerprint density at radius 2 is 1.84 bits per heavy atom. The summed E-state index contributed by atoms with van der Waals surface area (Å²) in [6.45, 7) is 1.32. The maximum atomic E-state index is 13.9. The van der Waals surface area contributed by atoms with Crippen LogP contribution in [0.3, 0.4) is 0 Å². The van der Waals surface area contributed by atoms with Crippen molar-refractivity contribution in [3.63, 3.8) is 0 Å². The van der Waals surface area contributed by atoms with Gasteiger partial charge in [-0.2, -0.15) is 0 Å². The van der Waals surface area contributed by atoms with Crippen LogP contribution in [0.25, 0.3) is 0 Å². The molecule has 0 saturated heterocycles. The molecule has 1 aliphatic heterocycles. The van der Waals surface area contributed by atoms with Crippen molar-refractivity contribution in [2.75, 3.05) is 0 Å². The van der Waals surface area contributed by atoms with Crippen molar-refractivity contribution in [1.82, 2.24) is 0 Å². The number of rotatable bonds is 2. The third-order valence-electron chi connectivity index (χ3n) is 3.27. The van der Waals surface area contributed by atoms with E-state index in [1.165, 1.54) is 17.2 Å². The molecule has 0 N–H and O–H groups in total. The van der Waals surface area contributed by atoms with Gasteiger partial charge in [0.15, 0.2) is 0 Å². The van der Waals surface area contributed by atoms with Crippen molar-refractivity contribution in [3.05, 3.63) is 68.9 Å². The van der Waals surface area contributed by atoms with Crippen LogP contribution in [0.15, 0.2) is 40.9 Å². The van der Waals surface area contributed by atoms with E-state index in [-0.39, 0.29) is 10.6 Å². The van der Waals surface area contributed by atoms with Crippen LogP contribution < -0.4 is 0 Å². The number of benzene rings is 2. The summed E-state index contributed by atoms with van der Waals surface area (Å²) in [7, 11) is 0. The molecule has 1 unspecified atom stereocenters. The quantitative estimate of drug-likeness (QED) is 0.653. The van der Waals surface area contributed by atoms with Gasteiger partial charge in [0.05, 0.1) is 18.0 Å². The number of halogens is 3. The molecule has 0 radical (unpaired) electrons. The van der Waals surface area contributed by atoms with Gasteiger partial charge in [0.25, 0.3) is 0 Å². The molecule has 98 valence electrons. The fourth-order valence-corrected chi connectivity index (χ4v) is 3.25. The van der Waals surface area contributed by atoms with E-state index in [1.807, 2.05) is 6.07 Å². The monoisotopic (exact) mass is 384 g/mol. The Bertz CT molecular complexity index is 628. The number of fused-ring (bicyclic) bond motifs is 1. The second-order valence-electron chi connectivity index (χ2n) is 4.55. The average molecular weight is 386 g/mol. The number of hydrogen-bond acceptors (Lipinski definition) is 1. The molecule has 0 saturated carbocycles. The largest absolute Gasteiger partial charge is 0.372 e. The van der Waals surface area contributed by atoms with Gasteiger partial charge in [-0.25, -0.2) is 4.39 Å². The van der Waals surface area contributed by atoms with Gasteiger partial charge in [0.2, 0.25) is 0 Å². The van der Waals surface area contributed by atoms with Gasteiger partial charge in [-0.05, 0) is 34.9 Å². The van der Waals surface area contributed by atoms with Crippen LogP contribution in [-0.4, -0.2) is 0 Å². The molecule has 19 heavy (non-hydrogen) atoms. The molecule has 0 fully saturated rings. The predicted molar refractivity (Wildman–Crippen MR) is 79.8 cm³/mol. The van der Waals surface area contributed by atoms with Crippen LogP contribution in [0.4, 0.5) is 4.39 Å². The Morgan fingerprint density at radius 3 is 2.68 bits per heavy atom. The molecule has 0 aromatic heterocycles. The first kappa shape index (κ1) is 13.3. The SMILES string of the molecule is Fc1ccc(Br)cc1C(Br)c1ccc2c(c1)COC2. The summed E-state index contributed by atoms with van der Waals surface area (Å²) >= 11 is 6.97. The highest BCUT2D eigenvalue weighted by Crippen LogP contribution is 2.35. The van der Waals surface area contributed by atoms with Crippen LogP contribution in [0.2, 0.25) is 0 Å². The van der Waals surface area contributed by atoms with E-state index >= 15 is 0 Å². The predicted octanol–water partition coefficient (Wildman–Crippen LogP) is 5.10. The fourth-order valence-electron chi connectivity index (χ4n) is 2.24. The lowest BCUT2D eigenvalue weighted by atomic mass is 10.00. The van der Waals surface area contributed by atoms with Crippen molar-refractivity contribution >= 4 is 31.9 Å². The Hall–Kier alpha value is -0.710. The normalized spacial score (nSPS) is 15.3. The molecular formula is C15H11Br2FO. The second-order valence-corrected chi connectivity index (χ2v) is 6.38. The van der Waals surface area contributed by atoms with Gasteiger partial charge in [-0.3, -0.25) is 0 Å². The van der Waals surface area contributed by atoms with Crippen molar-refractivity contribution < 1.29 is 9.13 Å². The van der Waals surface area contributed by atoms with Crippen molar-refractivity contribution in [2.45, 2.75) is 18.0 Å². The minimum atomic E-state index is -0.207. The first-order valence-electron chi connectivity index (χ1n) is 5.93. The highest BCUT2D eigenvalue weighted by atomic mass is 79.9. The summed E-state index contributed by atoms with van der Waals surface area (Å²) in [6.07, 6.45) is 0. The van der Waals surface area contributed by atoms with Crippen LogP contribution in [0.1, 0.15) is 27.1 Å². The minimum Gasteiger partial charge on any atom is -0.372 e. The summed E-state index contributed by atoms with van der Waals surface area (Å²) in [5.41, 5.74) is 4.09. The molecule has 1 atom stereocenters. The highest BCUT2D eigenvalue weighted by molar-refractivity contribution is 9.10. The molecule has 2 aromatic carbocycles. The van der Waals surface area contributed by atoms with Crippen LogP contribution in [0, 0.1) is 5.82 Å². The van der Waals surface area contributed by atoms with E-state index in [4.69, 9.17) is 4.74 Å². The van der Waals surface area contributed by atoms with Crippen LogP contribution in [0.5, 0.6) is 0 Å². The molecule has 0 bridgehead atoms.